The summed E-state index contributed by atoms with van der Waals surface area (Å²) in [5.41, 5.74) is 1.82. The maximum absolute atomic E-state index is 12.6. The van der Waals surface area contributed by atoms with Crippen molar-refractivity contribution in [2.75, 3.05) is 0 Å². The second kappa shape index (κ2) is 5.28. The first-order valence-corrected chi connectivity index (χ1v) is 7.81. The molecule has 3 rings (SSSR count). The molecule has 4 nitrogen and oxygen atoms in total. The summed E-state index contributed by atoms with van der Waals surface area (Å²) in [6.45, 7) is 4.04. The predicted molar refractivity (Wildman–Crippen MR) is 85.9 cm³/mol. The molecule has 1 unspecified atom stereocenters. The molecule has 2 aliphatic rings. The average Bonchev–Trinajstić information content (AvgIpc) is 2.35. The minimum atomic E-state index is -0.530. The van der Waals surface area contributed by atoms with Gasteiger partial charge in [0.2, 0.25) is 0 Å². The molecule has 2 amide bonds. The molecule has 1 aromatic rings. The normalized spacial score (nSPS) is 23.7. The fraction of sp³-hybridized carbons (Fsp3) is 0.375. The van der Waals surface area contributed by atoms with E-state index >= 15 is 0 Å². The van der Waals surface area contributed by atoms with Crippen LogP contribution in [0.2, 0.25) is 10.0 Å². The van der Waals surface area contributed by atoms with Crippen LogP contribution >= 0.6 is 23.2 Å². The molecule has 0 radical (unpaired) electrons. The van der Waals surface area contributed by atoms with E-state index in [4.69, 9.17) is 23.2 Å². The Hall–Kier alpha value is -1.52. The van der Waals surface area contributed by atoms with Crippen molar-refractivity contribution >= 4 is 35.0 Å². The molecule has 0 fully saturated rings. The Morgan fingerprint density at radius 1 is 1.18 bits per heavy atom. The van der Waals surface area contributed by atoms with E-state index in [1.807, 2.05) is 13.8 Å². The number of urea groups is 1. The lowest BCUT2D eigenvalue weighted by Gasteiger charge is -2.38. The number of carbonyl (C=O) groups excluding carboxylic acids is 2. The van der Waals surface area contributed by atoms with Gasteiger partial charge in [-0.05, 0) is 29.5 Å². The minimum absolute atomic E-state index is 0.0368. The van der Waals surface area contributed by atoms with Crippen molar-refractivity contribution in [1.82, 2.24) is 10.6 Å². The monoisotopic (exact) mass is 338 g/mol. The van der Waals surface area contributed by atoms with Crippen LogP contribution in [-0.4, -0.2) is 11.8 Å². The van der Waals surface area contributed by atoms with Gasteiger partial charge in [-0.25, -0.2) is 4.79 Å². The van der Waals surface area contributed by atoms with E-state index in [9.17, 15) is 9.59 Å². The van der Waals surface area contributed by atoms with Gasteiger partial charge in [0.1, 0.15) is 0 Å². The molecule has 0 saturated heterocycles. The molecule has 1 heterocycles. The van der Waals surface area contributed by atoms with Gasteiger partial charge < -0.3 is 10.6 Å². The van der Waals surface area contributed by atoms with Crippen LogP contribution in [0.25, 0.3) is 0 Å². The van der Waals surface area contributed by atoms with E-state index in [2.05, 4.69) is 10.6 Å². The lowest BCUT2D eigenvalue weighted by Crippen LogP contribution is -2.48. The van der Waals surface area contributed by atoms with Crippen molar-refractivity contribution in [2.24, 2.45) is 5.41 Å². The Morgan fingerprint density at radius 2 is 1.91 bits per heavy atom. The zero-order chi connectivity index (χ0) is 16.1. The molecular formula is C16H16Cl2N2O2. The van der Waals surface area contributed by atoms with Crippen molar-refractivity contribution in [3.05, 3.63) is 45.1 Å². The zero-order valence-corrected chi connectivity index (χ0v) is 13.8. The predicted octanol–water partition coefficient (Wildman–Crippen LogP) is 3.99. The van der Waals surface area contributed by atoms with Crippen molar-refractivity contribution in [1.29, 1.82) is 0 Å². The molecule has 1 aromatic carbocycles. The number of ketones is 1. The van der Waals surface area contributed by atoms with Crippen LogP contribution in [0.4, 0.5) is 4.79 Å². The van der Waals surface area contributed by atoms with E-state index in [0.717, 1.165) is 0 Å². The number of carbonyl (C=O) groups is 2. The second-order valence-corrected chi connectivity index (χ2v) is 7.37. The van der Waals surface area contributed by atoms with Crippen LogP contribution in [0.1, 0.15) is 38.3 Å². The highest BCUT2D eigenvalue weighted by Crippen LogP contribution is 2.42. The Labute approximate surface area is 138 Å². The molecular weight excluding hydrogens is 323 g/mol. The Balaban J connectivity index is 2.11. The summed E-state index contributed by atoms with van der Waals surface area (Å²) in [5, 5.41) is 6.52. The van der Waals surface area contributed by atoms with E-state index in [1.165, 1.54) is 0 Å². The molecule has 22 heavy (non-hydrogen) atoms. The number of nitrogens with one attached hydrogen (secondary N) is 2. The third-order valence-corrected chi connectivity index (χ3v) is 4.58. The Bertz CT molecular complexity index is 710. The molecule has 116 valence electrons. The SMILES string of the molecule is CC1(C)CC(=O)C2=C(C1)NC(=O)NC2c1ccc(Cl)cc1Cl. The summed E-state index contributed by atoms with van der Waals surface area (Å²) >= 11 is 12.2. The Morgan fingerprint density at radius 3 is 2.59 bits per heavy atom. The van der Waals surface area contributed by atoms with Crippen LogP contribution in [0, 0.1) is 5.41 Å². The largest absolute Gasteiger partial charge is 0.327 e. The lowest BCUT2D eigenvalue weighted by molar-refractivity contribution is -0.118. The first kappa shape index (κ1) is 15.4. The van der Waals surface area contributed by atoms with Crippen LogP contribution in [0.15, 0.2) is 29.5 Å². The van der Waals surface area contributed by atoms with Gasteiger partial charge in [0.05, 0.1) is 6.04 Å². The van der Waals surface area contributed by atoms with Crippen LogP contribution in [-0.2, 0) is 4.79 Å². The molecule has 1 aliphatic heterocycles. The van der Waals surface area contributed by atoms with E-state index in [-0.39, 0.29) is 17.2 Å². The van der Waals surface area contributed by atoms with E-state index < -0.39 is 6.04 Å². The molecule has 1 aliphatic carbocycles. The lowest BCUT2D eigenvalue weighted by atomic mass is 9.73. The summed E-state index contributed by atoms with van der Waals surface area (Å²) in [7, 11) is 0. The van der Waals surface area contributed by atoms with Gasteiger partial charge in [0, 0.05) is 27.7 Å². The van der Waals surface area contributed by atoms with E-state index in [0.29, 0.717) is 39.7 Å². The second-order valence-electron chi connectivity index (χ2n) is 6.53. The van der Waals surface area contributed by atoms with Crippen LogP contribution in [0.5, 0.6) is 0 Å². The molecule has 2 N–H and O–H groups in total. The van der Waals surface area contributed by atoms with Gasteiger partial charge in [0.15, 0.2) is 5.78 Å². The first-order chi connectivity index (χ1) is 10.3. The number of allylic oxidation sites excluding steroid dienone is 1. The van der Waals surface area contributed by atoms with Gasteiger partial charge in [-0.1, -0.05) is 43.1 Å². The van der Waals surface area contributed by atoms with Crippen LogP contribution < -0.4 is 10.6 Å². The van der Waals surface area contributed by atoms with Gasteiger partial charge in [-0.3, -0.25) is 4.79 Å². The standard InChI is InChI=1S/C16H16Cl2N2O2/c1-16(2)6-11-13(12(21)7-16)14(20-15(22)19-11)9-4-3-8(17)5-10(9)18/h3-5,14H,6-7H2,1-2H3,(H2,19,20,22). The topological polar surface area (TPSA) is 58.2 Å². The van der Waals surface area contributed by atoms with Gasteiger partial charge in [-0.15, -0.1) is 0 Å². The number of halogens is 2. The van der Waals surface area contributed by atoms with Gasteiger partial charge >= 0.3 is 6.03 Å². The van der Waals surface area contributed by atoms with Gasteiger partial charge in [-0.2, -0.15) is 0 Å². The summed E-state index contributed by atoms with van der Waals surface area (Å²) in [5.74, 6) is 0.0368. The third kappa shape index (κ3) is 2.73. The van der Waals surface area contributed by atoms with E-state index in [1.54, 1.807) is 18.2 Å². The molecule has 0 aromatic heterocycles. The van der Waals surface area contributed by atoms with Gasteiger partial charge in [0.25, 0.3) is 0 Å². The average molecular weight is 339 g/mol. The molecule has 0 saturated carbocycles. The number of hydrogen-bond acceptors (Lipinski definition) is 2. The van der Waals surface area contributed by atoms with Crippen molar-refractivity contribution in [3.63, 3.8) is 0 Å². The third-order valence-electron chi connectivity index (χ3n) is 4.02. The smallest absolute Gasteiger partial charge is 0.319 e. The minimum Gasteiger partial charge on any atom is -0.327 e. The fourth-order valence-corrected chi connectivity index (χ4v) is 3.64. The van der Waals surface area contributed by atoms with Crippen LogP contribution in [0.3, 0.4) is 0 Å². The quantitative estimate of drug-likeness (QED) is 0.813. The Kier molecular flexibility index (Phi) is 3.69. The highest BCUT2D eigenvalue weighted by molar-refractivity contribution is 6.35. The van der Waals surface area contributed by atoms with Crippen molar-refractivity contribution in [3.8, 4) is 0 Å². The number of hydrogen-bond donors (Lipinski definition) is 2. The number of Topliss-reactive ketones (excluding diaryl/α,β-unsaturated/α-hetero) is 1. The highest BCUT2D eigenvalue weighted by Gasteiger charge is 2.40. The maximum Gasteiger partial charge on any atom is 0.319 e. The van der Waals surface area contributed by atoms with Crippen molar-refractivity contribution < 1.29 is 9.59 Å². The summed E-state index contributed by atoms with van der Waals surface area (Å²) in [6.07, 6.45) is 1.11. The first-order valence-electron chi connectivity index (χ1n) is 7.05. The fourth-order valence-electron chi connectivity index (χ4n) is 3.13. The number of rotatable bonds is 1. The summed E-state index contributed by atoms with van der Waals surface area (Å²) in [4.78, 5) is 24.6. The summed E-state index contributed by atoms with van der Waals surface area (Å²) in [6, 6.07) is 4.22. The highest BCUT2D eigenvalue weighted by atomic mass is 35.5. The molecule has 1 atom stereocenters. The molecule has 0 bridgehead atoms. The summed E-state index contributed by atoms with van der Waals surface area (Å²) < 4.78 is 0. The number of amides is 2. The molecule has 6 heteroatoms. The van der Waals surface area contributed by atoms with Crippen molar-refractivity contribution in [2.45, 2.75) is 32.7 Å². The molecule has 0 spiro atoms. The number of benzene rings is 1. The maximum atomic E-state index is 12.6. The zero-order valence-electron chi connectivity index (χ0n) is 12.3.